The highest BCUT2D eigenvalue weighted by molar-refractivity contribution is 5.58. The number of halogens is 3. The smallest absolute Gasteiger partial charge is 0.416 e. The van der Waals surface area contributed by atoms with Gasteiger partial charge in [0.25, 0.3) is 0 Å². The fraction of sp³-hybridized carbons (Fsp3) is 0.280. The minimum absolute atomic E-state index is 0.0645. The maximum Gasteiger partial charge on any atom is 0.416 e. The van der Waals surface area contributed by atoms with E-state index in [4.69, 9.17) is 18.9 Å². The third kappa shape index (κ3) is 3.84. The van der Waals surface area contributed by atoms with Crippen molar-refractivity contribution in [3.05, 3.63) is 77.4 Å². The number of para-hydroxylation sites is 1. The topological polar surface area (TPSA) is 57.2 Å². The van der Waals surface area contributed by atoms with Crippen LogP contribution in [0.3, 0.4) is 0 Å². The van der Waals surface area contributed by atoms with Gasteiger partial charge < -0.3 is 24.1 Å². The number of ether oxygens (including phenoxy) is 4. The van der Waals surface area contributed by atoms with Gasteiger partial charge in [-0.1, -0.05) is 31.2 Å². The molecular formula is C25H21F3O5. The molecule has 2 heterocycles. The second-order valence-corrected chi connectivity index (χ2v) is 8.33. The van der Waals surface area contributed by atoms with E-state index < -0.39 is 23.4 Å². The summed E-state index contributed by atoms with van der Waals surface area (Å²) in [7, 11) is 0. The molecule has 0 saturated carbocycles. The van der Waals surface area contributed by atoms with E-state index in [-0.39, 0.29) is 18.5 Å². The molecule has 2 aliphatic heterocycles. The van der Waals surface area contributed by atoms with Crippen LogP contribution < -0.4 is 18.9 Å². The Labute approximate surface area is 188 Å². The summed E-state index contributed by atoms with van der Waals surface area (Å²) < 4.78 is 62.3. The van der Waals surface area contributed by atoms with Crippen molar-refractivity contribution in [1.29, 1.82) is 0 Å². The molecule has 0 aliphatic carbocycles. The molecule has 8 heteroatoms. The fourth-order valence-electron chi connectivity index (χ4n) is 4.29. The molecule has 3 aromatic rings. The van der Waals surface area contributed by atoms with Crippen molar-refractivity contribution in [3.8, 4) is 28.7 Å². The molecule has 0 radical (unpaired) electrons. The normalized spacial score (nSPS) is 23.6. The lowest BCUT2D eigenvalue weighted by molar-refractivity contribution is -0.171. The summed E-state index contributed by atoms with van der Waals surface area (Å²) in [5, 5.41) is 11.0. The molecule has 0 unspecified atom stereocenters. The molecule has 172 valence electrons. The molecular weight excluding hydrogens is 437 g/mol. The van der Waals surface area contributed by atoms with E-state index in [1.54, 1.807) is 25.1 Å². The number of fused-ring (bicyclic) bond motifs is 2. The highest BCUT2D eigenvalue weighted by atomic mass is 19.4. The van der Waals surface area contributed by atoms with Crippen LogP contribution in [0.5, 0.6) is 28.7 Å². The van der Waals surface area contributed by atoms with Crippen molar-refractivity contribution in [3.63, 3.8) is 0 Å². The number of aliphatic hydroxyl groups is 1. The standard InChI is InChI=1S/C25H21F3O5/c1-14-23(18-11-21-22(31-13-30-21)12-20(18)33-24(14,2)29)17-8-3-4-9-19(17)32-16-7-5-6-15(10-16)25(26,27)28/h3-12,14,23,29H,13H2,1-2H3/t14-,23-,24+/m1/s1. The van der Waals surface area contributed by atoms with Crippen LogP contribution in [0.1, 0.15) is 36.5 Å². The highest BCUT2D eigenvalue weighted by Crippen LogP contribution is 2.53. The molecule has 0 bridgehead atoms. The average molecular weight is 458 g/mol. The summed E-state index contributed by atoms with van der Waals surface area (Å²) in [4.78, 5) is 0. The van der Waals surface area contributed by atoms with Crippen LogP contribution in [0.4, 0.5) is 13.2 Å². The second-order valence-electron chi connectivity index (χ2n) is 8.33. The van der Waals surface area contributed by atoms with Gasteiger partial charge in [0.1, 0.15) is 17.2 Å². The number of hydrogen-bond acceptors (Lipinski definition) is 5. The van der Waals surface area contributed by atoms with Crippen molar-refractivity contribution in [1.82, 2.24) is 0 Å². The van der Waals surface area contributed by atoms with Crippen LogP contribution in [0.2, 0.25) is 0 Å². The Morgan fingerprint density at radius 1 is 0.939 bits per heavy atom. The summed E-state index contributed by atoms with van der Waals surface area (Å²) >= 11 is 0. The zero-order valence-corrected chi connectivity index (χ0v) is 17.8. The van der Waals surface area contributed by atoms with E-state index in [0.29, 0.717) is 28.6 Å². The largest absolute Gasteiger partial charge is 0.462 e. The van der Waals surface area contributed by atoms with E-state index in [1.165, 1.54) is 12.1 Å². The van der Waals surface area contributed by atoms with Gasteiger partial charge in [0.05, 0.1) is 5.56 Å². The Kier molecular flexibility index (Phi) is 4.93. The van der Waals surface area contributed by atoms with Gasteiger partial charge in [-0.25, -0.2) is 0 Å². The molecule has 2 aliphatic rings. The number of benzene rings is 3. The van der Waals surface area contributed by atoms with Gasteiger partial charge in [0.2, 0.25) is 12.6 Å². The molecule has 0 fully saturated rings. The van der Waals surface area contributed by atoms with E-state index in [9.17, 15) is 18.3 Å². The summed E-state index contributed by atoms with van der Waals surface area (Å²) in [5.41, 5.74) is 0.669. The van der Waals surface area contributed by atoms with Crippen LogP contribution >= 0.6 is 0 Å². The van der Waals surface area contributed by atoms with Gasteiger partial charge in [0, 0.05) is 36.0 Å². The molecule has 1 N–H and O–H groups in total. The minimum atomic E-state index is -4.48. The first-order valence-electron chi connectivity index (χ1n) is 10.4. The molecule has 0 saturated heterocycles. The number of alkyl halides is 3. The number of rotatable bonds is 3. The van der Waals surface area contributed by atoms with E-state index in [2.05, 4.69) is 0 Å². The van der Waals surface area contributed by atoms with Crippen LogP contribution in [0, 0.1) is 5.92 Å². The Morgan fingerprint density at radius 2 is 1.67 bits per heavy atom. The molecule has 0 amide bonds. The zero-order chi connectivity index (χ0) is 23.4. The van der Waals surface area contributed by atoms with Crippen LogP contribution in [-0.4, -0.2) is 17.7 Å². The van der Waals surface area contributed by atoms with Gasteiger partial charge in [-0.2, -0.15) is 13.2 Å². The van der Waals surface area contributed by atoms with E-state index in [1.807, 2.05) is 25.1 Å². The summed E-state index contributed by atoms with van der Waals surface area (Å²) in [6.45, 7) is 3.51. The SMILES string of the molecule is C[C@@H]1[C@H](c2ccccc2Oc2cccc(C(F)(F)F)c2)c2cc3c(cc2O[C@]1(C)O)OCO3. The lowest BCUT2D eigenvalue weighted by Crippen LogP contribution is -2.45. The lowest BCUT2D eigenvalue weighted by Gasteiger charge is -2.42. The minimum Gasteiger partial charge on any atom is -0.462 e. The predicted octanol–water partition coefficient (Wildman–Crippen LogP) is 6.10. The lowest BCUT2D eigenvalue weighted by atomic mass is 9.75. The zero-order valence-electron chi connectivity index (χ0n) is 17.8. The molecule has 33 heavy (non-hydrogen) atoms. The maximum atomic E-state index is 13.2. The number of hydrogen-bond donors (Lipinski definition) is 1. The van der Waals surface area contributed by atoms with Crippen molar-refractivity contribution in [2.75, 3.05) is 6.79 Å². The van der Waals surface area contributed by atoms with Crippen molar-refractivity contribution < 1.29 is 37.2 Å². The van der Waals surface area contributed by atoms with E-state index in [0.717, 1.165) is 17.7 Å². The van der Waals surface area contributed by atoms with Crippen LogP contribution in [0.15, 0.2) is 60.7 Å². The Balaban J connectivity index is 1.60. The Morgan fingerprint density at radius 3 is 2.42 bits per heavy atom. The van der Waals surface area contributed by atoms with Crippen molar-refractivity contribution >= 4 is 0 Å². The van der Waals surface area contributed by atoms with Crippen LogP contribution in [0.25, 0.3) is 0 Å². The highest BCUT2D eigenvalue weighted by Gasteiger charge is 2.45. The van der Waals surface area contributed by atoms with Gasteiger partial charge >= 0.3 is 6.18 Å². The first-order valence-corrected chi connectivity index (χ1v) is 10.4. The van der Waals surface area contributed by atoms with Gasteiger partial charge in [-0.3, -0.25) is 0 Å². The molecule has 0 aromatic heterocycles. The summed E-state index contributed by atoms with van der Waals surface area (Å²) in [6, 6.07) is 15.3. The predicted molar refractivity (Wildman–Crippen MR) is 113 cm³/mol. The molecule has 5 nitrogen and oxygen atoms in total. The molecule has 3 aromatic carbocycles. The van der Waals surface area contributed by atoms with Crippen molar-refractivity contribution in [2.45, 2.75) is 31.7 Å². The summed E-state index contributed by atoms with van der Waals surface area (Å²) in [5.74, 6) is -0.337. The van der Waals surface area contributed by atoms with Gasteiger partial charge in [-0.05, 0) is 30.3 Å². The Hall–Kier alpha value is -3.39. The molecule has 3 atom stereocenters. The third-order valence-corrected chi connectivity index (χ3v) is 6.14. The average Bonchev–Trinajstić information content (AvgIpc) is 3.21. The molecule has 5 rings (SSSR count). The second kappa shape index (κ2) is 7.59. The molecule has 0 spiro atoms. The summed E-state index contributed by atoms with van der Waals surface area (Å²) in [6.07, 6.45) is -4.48. The van der Waals surface area contributed by atoms with E-state index >= 15 is 0 Å². The third-order valence-electron chi connectivity index (χ3n) is 6.14. The maximum absolute atomic E-state index is 13.2. The van der Waals surface area contributed by atoms with Crippen LogP contribution in [-0.2, 0) is 6.18 Å². The monoisotopic (exact) mass is 458 g/mol. The van der Waals surface area contributed by atoms with Crippen molar-refractivity contribution in [2.24, 2.45) is 5.92 Å². The first kappa shape index (κ1) is 21.5. The quantitative estimate of drug-likeness (QED) is 0.514. The Bertz CT molecular complexity index is 1200. The first-order chi connectivity index (χ1) is 15.6. The van der Waals surface area contributed by atoms with Gasteiger partial charge in [-0.15, -0.1) is 0 Å². The van der Waals surface area contributed by atoms with Gasteiger partial charge in [0.15, 0.2) is 11.5 Å². The fourth-order valence-corrected chi connectivity index (χ4v) is 4.29.